The number of ketones is 1. The quantitative estimate of drug-likeness (QED) is 0.520. The highest BCUT2D eigenvalue weighted by Gasteiger charge is 2.24. The number of nitrogens with two attached hydrogens (primary N) is 1. The van der Waals surface area contributed by atoms with Crippen LogP contribution in [0.5, 0.6) is 0 Å². The van der Waals surface area contributed by atoms with Crippen molar-refractivity contribution in [2.45, 2.75) is 12.5 Å². The molecule has 8 heteroatoms. The Balaban J connectivity index is 1.38. The number of oxazole rings is 1. The van der Waals surface area contributed by atoms with Gasteiger partial charge in [-0.25, -0.2) is 9.97 Å². The highest BCUT2D eigenvalue weighted by molar-refractivity contribution is 5.98. The molecule has 0 aliphatic carbocycles. The second kappa shape index (κ2) is 7.06. The van der Waals surface area contributed by atoms with Crippen LogP contribution in [0.1, 0.15) is 16.1 Å². The van der Waals surface area contributed by atoms with E-state index in [0.717, 1.165) is 29.7 Å². The molecule has 0 bridgehead atoms. The topological polar surface area (TPSA) is 111 Å². The maximum atomic E-state index is 12.8. The Kier molecular flexibility index (Phi) is 4.25. The van der Waals surface area contributed by atoms with Crippen molar-refractivity contribution in [3.8, 4) is 11.5 Å². The largest absolute Gasteiger partial charge is 0.442 e. The Morgan fingerprint density at radius 2 is 1.97 bits per heavy atom. The Hall–Kier alpha value is -3.65. The van der Waals surface area contributed by atoms with Crippen LogP contribution in [-0.2, 0) is 6.42 Å². The number of anilines is 1. The number of aromatic nitrogens is 4. The maximum absolute atomic E-state index is 12.8. The molecule has 1 aliphatic rings. The summed E-state index contributed by atoms with van der Waals surface area (Å²) in [7, 11) is 0. The number of hydrogen-bond donors (Lipinski definition) is 1. The zero-order chi connectivity index (χ0) is 19.8. The van der Waals surface area contributed by atoms with Crippen molar-refractivity contribution in [2.75, 3.05) is 18.0 Å². The van der Waals surface area contributed by atoms with Crippen LogP contribution in [0.3, 0.4) is 0 Å². The summed E-state index contributed by atoms with van der Waals surface area (Å²) in [6.45, 7) is 1.52. The summed E-state index contributed by atoms with van der Waals surface area (Å²) in [5.41, 5.74) is 7.84. The average Bonchev–Trinajstić information content (AvgIpc) is 3.26. The zero-order valence-electron chi connectivity index (χ0n) is 15.5. The molecule has 0 aromatic carbocycles. The van der Waals surface area contributed by atoms with Gasteiger partial charge in [0.2, 0.25) is 0 Å². The minimum atomic E-state index is -0.00478. The lowest BCUT2D eigenvalue weighted by atomic mass is 10.0. The Bertz CT molecular complexity index is 1180. The van der Waals surface area contributed by atoms with Crippen LogP contribution in [0, 0.1) is 0 Å². The number of nitrogens with zero attached hydrogens (tertiary/aromatic N) is 5. The van der Waals surface area contributed by atoms with Crippen LogP contribution in [0.15, 0.2) is 59.9 Å². The second-order valence-electron chi connectivity index (χ2n) is 7.13. The lowest BCUT2D eigenvalue weighted by molar-refractivity contribution is 0.0992. The summed E-state index contributed by atoms with van der Waals surface area (Å²) in [6.07, 6.45) is 8.32. The van der Waals surface area contributed by atoms with Gasteiger partial charge in [-0.3, -0.25) is 14.8 Å². The van der Waals surface area contributed by atoms with E-state index in [9.17, 15) is 4.79 Å². The van der Waals surface area contributed by atoms with Crippen LogP contribution in [-0.4, -0.2) is 44.9 Å². The highest BCUT2D eigenvalue weighted by atomic mass is 16.3. The molecule has 2 N–H and O–H groups in total. The summed E-state index contributed by atoms with van der Waals surface area (Å²) in [5.74, 6) is 1.37. The first-order chi connectivity index (χ1) is 14.2. The van der Waals surface area contributed by atoms with Gasteiger partial charge in [0.1, 0.15) is 11.5 Å². The third-order valence-electron chi connectivity index (χ3n) is 4.99. The molecule has 1 aliphatic heterocycles. The van der Waals surface area contributed by atoms with Gasteiger partial charge in [0.25, 0.3) is 0 Å². The molecule has 29 heavy (non-hydrogen) atoms. The fourth-order valence-electron chi connectivity index (χ4n) is 3.39. The molecule has 0 radical (unpaired) electrons. The van der Waals surface area contributed by atoms with Crippen LogP contribution in [0.4, 0.5) is 5.82 Å². The fraction of sp³-hybridized carbons (Fsp3) is 0.190. The second-order valence-corrected chi connectivity index (χ2v) is 7.13. The van der Waals surface area contributed by atoms with Crippen molar-refractivity contribution in [1.29, 1.82) is 0 Å². The Morgan fingerprint density at radius 1 is 1.10 bits per heavy atom. The van der Waals surface area contributed by atoms with E-state index in [1.807, 2.05) is 18.2 Å². The third kappa shape index (κ3) is 3.45. The van der Waals surface area contributed by atoms with Crippen molar-refractivity contribution < 1.29 is 9.21 Å². The first-order valence-corrected chi connectivity index (χ1v) is 9.29. The number of carbonyl (C=O) groups excluding carboxylic acids is 1. The van der Waals surface area contributed by atoms with E-state index < -0.39 is 0 Å². The smallest absolute Gasteiger partial charge is 0.181 e. The zero-order valence-corrected chi connectivity index (χ0v) is 15.5. The molecule has 8 nitrogen and oxygen atoms in total. The predicted molar refractivity (Wildman–Crippen MR) is 107 cm³/mol. The summed E-state index contributed by atoms with van der Waals surface area (Å²) < 4.78 is 5.31. The first-order valence-electron chi connectivity index (χ1n) is 9.29. The number of hydrogen-bond acceptors (Lipinski definition) is 8. The predicted octanol–water partition coefficient (Wildman–Crippen LogP) is 2.25. The van der Waals surface area contributed by atoms with E-state index in [-0.39, 0.29) is 18.2 Å². The lowest BCUT2D eigenvalue weighted by Crippen LogP contribution is -2.56. The molecule has 4 aromatic heterocycles. The maximum Gasteiger partial charge on any atom is 0.181 e. The summed E-state index contributed by atoms with van der Waals surface area (Å²) in [5, 5.41) is 1.83. The standard InChI is InChI=1S/C21H18N6O2/c22-16-10-27(11-16)21-5-13(1-2-24-21)19(28)6-17-3-14-4-18(20-9-23-12-29-20)26-8-15(14)7-25-17/h1-5,7-9,12,16H,6,10-11,22H2. The lowest BCUT2D eigenvalue weighted by Gasteiger charge is -2.37. The number of carbonyl (C=O) groups is 1. The SMILES string of the molecule is NC1CN(c2cc(C(=O)Cc3cc4cc(-c5cnco5)ncc4cn3)ccn2)C1. The number of Topliss-reactive ketones (excluding diaryl/α,β-unsaturated/α-hetero) is 1. The molecule has 5 rings (SSSR count). The van der Waals surface area contributed by atoms with E-state index in [0.29, 0.717) is 22.7 Å². The van der Waals surface area contributed by atoms with E-state index in [4.69, 9.17) is 10.2 Å². The van der Waals surface area contributed by atoms with E-state index in [2.05, 4.69) is 24.8 Å². The molecule has 0 unspecified atom stereocenters. The van der Waals surface area contributed by atoms with Gasteiger partial charge in [-0.15, -0.1) is 0 Å². The van der Waals surface area contributed by atoms with Crippen LogP contribution in [0.25, 0.3) is 22.2 Å². The van der Waals surface area contributed by atoms with E-state index >= 15 is 0 Å². The van der Waals surface area contributed by atoms with Crippen molar-refractivity contribution in [3.05, 3.63) is 66.7 Å². The molecule has 0 atom stereocenters. The van der Waals surface area contributed by atoms with Crippen molar-refractivity contribution in [1.82, 2.24) is 19.9 Å². The molecule has 0 amide bonds. The first kappa shape index (κ1) is 17.4. The third-order valence-corrected chi connectivity index (χ3v) is 4.99. The van der Waals surface area contributed by atoms with Crippen LogP contribution in [0.2, 0.25) is 0 Å². The van der Waals surface area contributed by atoms with Crippen LogP contribution >= 0.6 is 0 Å². The minimum Gasteiger partial charge on any atom is -0.442 e. The molecule has 1 saturated heterocycles. The van der Waals surface area contributed by atoms with Gasteiger partial charge in [-0.05, 0) is 29.7 Å². The van der Waals surface area contributed by atoms with Crippen molar-refractivity contribution in [3.63, 3.8) is 0 Å². The monoisotopic (exact) mass is 386 g/mol. The summed E-state index contributed by atoms with van der Waals surface area (Å²) in [4.78, 5) is 31.9. The Labute approximate surface area is 166 Å². The fourth-order valence-corrected chi connectivity index (χ4v) is 3.39. The normalized spacial score (nSPS) is 14.2. The highest BCUT2D eigenvalue weighted by Crippen LogP contribution is 2.23. The van der Waals surface area contributed by atoms with E-state index in [1.165, 1.54) is 6.39 Å². The van der Waals surface area contributed by atoms with Crippen molar-refractivity contribution in [2.24, 2.45) is 5.73 Å². The molecule has 5 heterocycles. The number of fused-ring (bicyclic) bond motifs is 1. The van der Waals surface area contributed by atoms with Crippen LogP contribution < -0.4 is 10.6 Å². The summed E-state index contributed by atoms with van der Waals surface area (Å²) in [6, 6.07) is 7.54. The molecule has 0 saturated carbocycles. The van der Waals surface area contributed by atoms with Gasteiger partial charge < -0.3 is 15.1 Å². The van der Waals surface area contributed by atoms with Gasteiger partial charge in [-0.1, -0.05) is 0 Å². The molecule has 4 aromatic rings. The molecular formula is C21H18N6O2. The molecule has 144 valence electrons. The average molecular weight is 386 g/mol. The van der Waals surface area contributed by atoms with Crippen molar-refractivity contribution >= 4 is 22.4 Å². The van der Waals surface area contributed by atoms with Gasteiger partial charge >= 0.3 is 0 Å². The minimum absolute atomic E-state index is 0.00478. The van der Waals surface area contributed by atoms with Gasteiger partial charge in [-0.2, -0.15) is 0 Å². The molecule has 1 fully saturated rings. The van der Waals surface area contributed by atoms with Gasteiger partial charge in [0.05, 0.1) is 12.6 Å². The molecular weight excluding hydrogens is 368 g/mol. The number of rotatable bonds is 5. The number of pyridine rings is 3. The summed E-state index contributed by atoms with van der Waals surface area (Å²) >= 11 is 0. The van der Waals surface area contributed by atoms with Gasteiger partial charge in [0.15, 0.2) is 17.9 Å². The Morgan fingerprint density at radius 3 is 2.76 bits per heavy atom. The molecule has 0 spiro atoms. The van der Waals surface area contributed by atoms with E-state index in [1.54, 1.807) is 30.9 Å². The van der Waals surface area contributed by atoms with Gasteiger partial charge in [0, 0.05) is 54.4 Å².